The van der Waals surface area contributed by atoms with E-state index in [4.69, 9.17) is 4.74 Å². The van der Waals surface area contributed by atoms with Crippen molar-refractivity contribution in [2.24, 2.45) is 0 Å². The third kappa shape index (κ3) is 3.12. The number of carbonyl (C=O) groups is 1. The molecule has 0 bridgehead atoms. The van der Waals surface area contributed by atoms with Crippen LogP contribution in [0.15, 0.2) is 22.7 Å². The van der Waals surface area contributed by atoms with Gasteiger partial charge in [-0.2, -0.15) is 0 Å². The van der Waals surface area contributed by atoms with Crippen molar-refractivity contribution in [3.8, 4) is 0 Å². The van der Waals surface area contributed by atoms with Gasteiger partial charge in [0.05, 0.1) is 6.61 Å². The van der Waals surface area contributed by atoms with Crippen LogP contribution in [0.1, 0.15) is 29.3 Å². The second kappa shape index (κ2) is 5.85. The highest BCUT2D eigenvalue weighted by atomic mass is 79.9. The summed E-state index contributed by atoms with van der Waals surface area (Å²) in [7, 11) is 0. The van der Waals surface area contributed by atoms with Gasteiger partial charge in [0, 0.05) is 29.2 Å². The molecule has 3 nitrogen and oxygen atoms in total. The van der Waals surface area contributed by atoms with Crippen molar-refractivity contribution >= 4 is 21.8 Å². The number of halogens is 1. The number of hydrogen-bond acceptors (Lipinski definition) is 2. The fourth-order valence-corrected chi connectivity index (χ4v) is 2.83. The van der Waals surface area contributed by atoms with E-state index >= 15 is 0 Å². The molecule has 0 spiro atoms. The van der Waals surface area contributed by atoms with Gasteiger partial charge in [0.1, 0.15) is 0 Å². The molecular weight excluding hydrogens is 294 g/mol. The average Bonchev–Trinajstić information content (AvgIpc) is 2.51. The Morgan fingerprint density at radius 2 is 2.17 bits per heavy atom. The number of aryl methyl sites for hydroxylation is 1. The van der Waals surface area contributed by atoms with Crippen LogP contribution in [0, 0.1) is 6.92 Å². The minimum absolute atomic E-state index is 0.0948. The van der Waals surface area contributed by atoms with Gasteiger partial charge in [-0.1, -0.05) is 15.9 Å². The predicted octanol–water partition coefficient (Wildman–Crippen LogP) is 3.01. The predicted molar refractivity (Wildman–Crippen MR) is 74.8 cm³/mol. The molecule has 1 amide bonds. The number of rotatable bonds is 1. The van der Waals surface area contributed by atoms with Crippen LogP contribution < -0.4 is 0 Å². The Morgan fingerprint density at radius 3 is 2.89 bits per heavy atom. The van der Waals surface area contributed by atoms with Gasteiger partial charge in [-0.3, -0.25) is 4.79 Å². The Bertz CT molecular complexity index is 427. The van der Waals surface area contributed by atoms with E-state index in [9.17, 15) is 4.79 Å². The number of nitrogens with zero attached hydrogens (tertiary/aromatic N) is 1. The largest absolute Gasteiger partial charge is 0.380 e. The van der Waals surface area contributed by atoms with Gasteiger partial charge in [-0.15, -0.1) is 0 Å². The van der Waals surface area contributed by atoms with Crippen molar-refractivity contribution in [1.82, 2.24) is 4.90 Å². The van der Waals surface area contributed by atoms with Crippen LogP contribution in [0.5, 0.6) is 0 Å². The van der Waals surface area contributed by atoms with E-state index in [1.54, 1.807) is 0 Å². The number of benzene rings is 1. The lowest BCUT2D eigenvalue weighted by Gasteiger charge is -2.26. The molecule has 1 heterocycles. The van der Waals surface area contributed by atoms with Gasteiger partial charge < -0.3 is 9.64 Å². The lowest BCUT2D eigenvalue weighted by molar-refractivity contribution is 0.0687. The zero-order chi connectivity index (χ0) is 13.1. The molecule has 18 heavy (non-hydrogen) atoms. The fraction of sp³-hybridized carbons (Fsp3) is 0.500. The summed E-state index contributed by atoms with van der Waals surface area (Å²) >= 11 is 3.44. The number of carbonyl (C=O) groups excluding carboxylic acids is 1. The molecule has 2 rings (SSSR count). The van der Waals surface area contributed by atoms with Gasteiger partial charge in [-0.25, -0.2) is 0 Å². The van der Waals surface area contributed by atoms with Crippen molar-refractivity contribution in [2.75, 3.05) is 19.8 Å². The van der Waals surface area contributed by atoms with E-state index < -0.39 is 0 Å². The molecule has 1 aromatic rings. The van der Waals surface area contributed by atoms with Crippen LogP contribution in [0.25, 0.3) is 0 Å². The van der Waals surface area contributed by atoms with Crippen molar-refractivity contribution in [1.29, 1.82) is 0 Å². The summed E-state index contributed by atoms with van der Waals surface area (Å²) in [6, 6.07) is 6.06. The molecule has 1 saturated heterocycles. The molecule has 1 fully saturated rings. The summed E-state index contributed by atoms with van der Waals surface area (Å²) in [4.78, 5) is 14.4. The van der Waals surface area contributed by atoms with Crippen LogP contribution >= 0.6 is 15.9 Å². The van der Waals surface area contributed by atoms with E-state index in [1.165, 1.54) is 0 Å². The van der Waals surface area contributed by atoms with E-state index in [1.807, 2.05) is 30.0 Å². The maximum absolute atomic E-state index is 12.5. The first-order valence-electron chi connectivity index (χ1n) is 6.24. The first-order valence-corrected chi connectivity index (χ1v) is 7.03. The van der Waals surface area contributed by atoms with Gasteiger partial charge in [-0.05, 0) is 44.0 Å². The maximum atomic E-state index is 12.5. The van der Waals surface area contributed by atoms with Gasteiger partial charge in [0.15, 0.2) is 0 Å². The maximum Gasteiger partial charge on any atom is 0.254 e. The third-order valence-corrected chi connectivity index (χ3v) is 3.70. The highest BCUT2D eigenvalue weighted by Crippen LogP contribution is 2.19. The second-order valence-corrected chi connectivity index (χ2v) is 5.68. The minimum Gasteiger partial charge on any atom is -0.380 e. The summed E-state index contributed by atoms with van der Waals surface area (Å²) in [6.45, 7) is 6.12. The van der Waals surface area contributed by atoms with Crippen molar-refractivity contribution in [2.45, 2.75) is 26.3 Å². The lowest BCUT2D eigenvalue weighted by atomic mass is 10.1. The molecule has 0 saturated carbocycles. The Labute approximate surface area is 116 Å². The fourth-order valence-electron chi connectivity index (χ4n) is 2.22. The topological polar surface area (TPSA) is 29.5 Å². The molecule has 0 N–H and O–H groups in total. The van der Waals surface area contributed by atoms with Crippen LogP contribution in [0.2, 0.25) is 0 Å². The molecule has 0 aliphatic carbocycles. The second-order valence-electron chi connectivity index (χ2n) is 4.77. The molecule has 1 unspecified atom stereocenters. The standard InChI is InChI=1S/C14H18BrNO2/c1-10-7-12(9-13(15)8-10)14(17)16-4-6-18-5-3-11(16)2/h7-9,11H,3-6H2,1-2H3. The van der Waals surface area contributed by atoms with Gasteiger partial charge in [0.25, 0.3) is 5.91 Å². The first kappa shape index (κ1) is 13.6. The molecule has 98 valence electrons. The average molecular weight is 312 g/mol. The summed E-state index contributed by atoms with van der Waals surface area (Å²) in [5.74, 6) is 0.0948. The van der Waals surface area contributed by atoms with Crippen molar-refractivity contribution < 1.29 is 9.53 Å². The molecular formula is C14H18BrNO2. The Hall–Kier alpha value is -0.870. The Morgan fingerprint density at radius 1 is 1.39 bits per heavy atom. The highest BCUT2D eigenvalue weighted by Gasteiger charge is 2.23. The monoisotopic (exact) mass is 311 g/mol. The van der Waals surface area contributed by atoms with E-state index in [-0.39, 0.29) is 11.9 Å². The normalized spacial score (nSPS) is 20.6. The summed E-state index contributed by atoms with van der Waals surface area (Å²) in [6.07, 6.45) is 0.902. The van der Waals surface area contributed by atoms with Crippen LogP contribution in [0.3, 0.4) is 0 Å². The Balaban J connectivity index is 2.23. The summed E-state index contributed by atoms with van der Waals surface area (Å²) in [5.41, 5.74) is 1.84. The van der Waals surface area contributed by atoms with E-state index in [0.29, 0.717) is 13.2 Å². The molecule has 1 atom stereocenters. The quantitative estimate of drug-likeness (QED) is 0.798. The first-order chi connectivity index (χ1) is 8.58. The molecule has 1 aliphatic heterocycles. The van der Waals surface area contributed by atoms with Gasteiger partial charge >= 0.3 is 0 Å². The SMILES string of the molecule is Cc1cc(Br)cc(C(=O)N2CCOCCC2C)c1. The smallest absolute Gasteiger partial charge is 0.254 e. The molecule has 0 radical (unpaired) electrons. The zero-order valence-corrected chi connectivity index (χ0v) is 12.4. The lowest BCUT2D eigenvalue weighted by Crippen LogP contribution is -2.39. The van der Waals surface area contributed by atoms with Crippen molar-refractivity contribution in [3.05, 3.63) is 33.8 Å². The molecule has 0 aromatic heterocycles. The highest BCUT2D eigenvalue weighted by molar-refractivity contribution is 9.10. The third-order valence-electron chi connectivity index (χ3n) is 3.24. The minimum atomic E-state index is 0.0948. The molecule has 1 aromatic carbocycles. The van der Waals surface area contributed by atoms with Crippen LogP contribution in [0.4, 0.5) is 0 Å². The summed E-state index contributed by atoms with van der Waals surface area (Å²) in [5, 5.41) is 0. The summed E-state index contributed by atoms with van der Waals surface area (Å²) < 4.78 is 6.37. The van der Waals surface area contributed by atoms with Crippen LogP contribution in [-0.4, -0.2) is 36.6 Å². The van der Waals surface area contributed by atoms with E-state index in [2.05, 4.69) is 22.9 Å². The molecule has 4 heteroatoms. The van der Waals surface area contributed by atoms with Crippen LogP contribution in [-0.2, 0) is 4.74 Å². The van der Waals surface area contributed by atoms with Gasteiger partial charge in [0.2, 0.25) is 0 Å². The van der Waals surface area contributed by atoms with Crippen molar-refractivity contribution in [3.63, 3.8) is 0 Å². The number of hydrogen-bond donors (Lipinski definition) is 0. The zero-order valence-electron chi connectivity index (χ0n) is 10.8. The molecule has 1 aliphatic rings. The Kier molecular flexibility index (Phi) is 4.40. The number of amides is 1. The van der Waals surface area contributed by atoms with E-state index in [0.717, 1.165) is 28.6 Å². The number of ether oxygens (including phenoxy) is 1.